The van der Waals surface area contributed by atoms with Gasteiger partial charge in [0.1, 0.15) is 17.1 Å². The van der Waals surface area contributed by atoms with Gasteiger partial charge in [0.25, 0.3) is 0 Å². The normalized spacial score (nSPS) is 9.76. The average Bonchev–Trinajstić information content (AvgIpc) is 2.47. The number of aromatic carboxylic acids is 1. The third kappa shape index (κ3) is 2.92. The maximum absolute atomic E-state index is 13.6. The predicted molar refractivity (Wildman–Crippen MR) is 71.1 cm³/mol. The summed E-state index contributed by atoms with van der Waals surface area (Å²) in [5.41, 5.74) is -0.208. The lowest BCUT2D eigenvalue weighted by molar-refractivity contribution is 0.0689. The molecule has 106 valence electrons. The zero-order chi connectivity index (χ0) is 15.4. The van der Waals surface area contributed by atoms with Gasteiger partial charge in [-0.15, -0.1) is 0 Å². The number of nitrogens with zero attached hydrogens (tertiary/aromatic N) is 1. The molecule has 1 N–H and O–H groups in total. The number of rotatable bonds is 4. The number of carboxylic acids is 1. The Balaban J connectivity index is 2.46. The van der Waals surface area contributed by atoms with Crippen LogP contribution in [0, 0.1) is 17.1 Å². The number of hydrogen-bond acceptors (Lipinski definition) is 4. The molecule has 2 aromatic rings. The van der Waals surface area contributed by atoms with Gasteiger partial charge in [-0.05, 0) is 24.3 Å². The van der Waals surface area contributed by atoms with Crippen LogP contribution in [0.4, 0.5) is 4.39 Å². The van der Waals surface area contributed by atoms with E-state index in [2.05, 4.69) is 0 Å². The van der Waals surface area contributed by atoms with Crippen molar-refractivity contribution in [3.63, 3.8) is 0 Å². The maximum Gasteiger partial charge on any atom is 0.342 e. The first kappa shape index (κ1) is 14.3. The lowest BCUT2D eigenvalue weighted by atomic mass is 10.2. The van der Waals surface area contributed by atoms with Crippen molar-refractivity contribution in [3.8, 4) is 23.3 Å². The van der Waals surface area contributed by atoms with Crippen LogP contribution in [0.3, 0.4) is 0 Å². The van der Waals surface area contributed by atoms with Crippen LogP contribution in [0.2, 0.25) is 0 Å². The summed E-state index contributed by atoms with van der Waals surface area (Å²) in [7, 11) is 1.38. The molecule has 0 spiro atoms. The molecule has 0 aliphatic carbocycles. The Morgan fingerprint density at radius 1 is 1.24 bits per heavy atom. The molecule has 0 aromatic heterocycles. The summed E-state index contributed by atoms with van der Waals surface area (Å²) in [4.78, 5) is 11.1. The molecular weight excluding hydrogens is 277 g/mol. The minimum absolute atomic E-state index is 0.148. The first-order valence-corrected chi connectivity index (χ1v) is 5.84. The summed E-state index contributed by atoms with van der Waals surface area (Å²) < 4.78 is 24.1. The first-order valence-electron chi connectivity index (χ1n) is 5.84. The summed E-state index contributed by atoms with van der Waals surface area (Å²) in [6, 6.07) is 10.0. The topological polar surface area (TPSA) is 79.5 Å². The van der Waals surface area contributed by atoms with Crippen LogP contribution in [0.25, 0.3) is 0 Å². The van der Waals surface area contributed by atoms with Crippen molar-refractivity contribution >= 4 is 5.97 Å². The highest BCUT2D eigenvalue weighted by atomic mass is 19.1. The Morgan fingerprint density at radius 2 is 2.00 bits per heavy atom. The molecule has 0 amide bonds. The Morgan fingerprint density at radius 3 is 2.62 bits per heavy atom. The van der Waals surface area contributed by atoms with Gasteiger partial charge >= 0.3 is 5.97 Å². The van der Waals surface area contributed by atoms with E-state index in [-0.39, 0.29) is 17.2 Å². The standard InChI is InChI=1S/C15H10FNO4/c1-20-13-7-9(8-17)5-6-11(13)21-12-4-2-3-10(16)14(12)15(18)19/h2-7H,1H3,(H,18,19). The van der Waals surface area contributed by atoms with E-state index in [1.165, 1.54) is 37.4 Å². The van der Waals surface area contributed by atoms with Crippen molar-refractivity contribution in [2.45, 2.75) is 0 Å². The zero-order valence-corrected chi connectivity index (χ0v) is 11.0. The number of ether oxygens (including phenoxy) is 2. The zero-order valence-electron chi connectivity index (χ0n) is 11.0. The van der Waals surface area contributed by atoms with Crippen molar-refractivity contribution in [1.29, 1.82) is 5.26 Å². The van der Waals surface area contributed by atoms with E-state index in [9.17, 15) is 9.18 Å². The van der Waals surface area contributed by atoms with Gasteiger partial charge in [-0.1, -0.05) is 6.07 Å². The Kier molecular flexibility index (Phi) is 4.05. The number of nitriles is 1. The van der Waals surface area contributed by atoms with E-state index in [0.29, 0.717) is 5.56 Å². The molecular formula is C15H10FNO4. The van der Waals surface area contributed by atoms with Gasteiger partial charge in [-0.3, -0.25) is 0 Å². The molecule has 2 rings (SSSR count). The molecule has 21 heavy (non-hydrogen) atoms. The van der Waals surface area contributed by atoms with Gasteiger partial charge in [-0.25, -0.2) is 9.18 Å². The van der Waals surface area contributed by atoms with E-state index in [1.54, 1.807) is 0 Å². The van der Waals surface area contributed by atoms with Crippen LogP contribution in [0.5, 0.6) is 17.2 Å². The second-order valence-corrected chi connectivity index (χ2v) is 4.00. The average molecular weight is 287 g/mol. The lowest BCUT2D eigenvalue weighted by Gasteiger charge is -2.12. The molecule has 0 saturated carbocycles. The smallest absolute Gasteiger partial charge is 0.342 e. The second-order valence-electron chi connectivity index (χ2n) is 4.00. The molecule has 0 fully saturated rings. The van der Waals surface area contributed by atoms with E-state index >= 15 is 0 Å². The largest absolute Gasteiger partial charge is 0.493 e. The summed E-state index contributed by atoms with van der Waals surface area (Å²) >= 11 is 0. The number of hydrogen-bond donors (Lipinski definition) is 1. The highest BCUT2D eigenvalue weighted by Gasteiger charge is 2.18. The van der Waals surface area contributed by atoms with Crippen LogP contribution in [-0.4, -0.2) is 18.2 Å². The third-order valence-electron chi connectivity index (χ3n) is 2.70. The van der Waals surface area contributed by atoms with Gasteiger partial charge in [0.05, 0.1) is 18.7 Å². The molecule has 0 unspecified atom stereocenters. The van der Waals surface area contributed by atoms with E-state index in [0.717, 1.165) is 6.07 Å². The molecule has 0 bridgehead atoms. The minimum Gasteiger partial charge on any atom is -0.493 e. The highest BCUT2D eigenvalue weighted by molar-refractivity contribution is 5.91. The van der Waals surface area contributed by atoms with Crippen molar-refractivity contribution in [3.05, 3.63) is 53.3 Å². The highest BCUT2D eigenvalue weighted by Crippen LogP contribution is 2.34. The first-order chi connectivity index (χ1) is 10.1. The van der Waals surface area contributed by atoms with Gasteiger partial charge in [-0.2, -0.15) is 5.26 Å². The van der Waals surface area contributed by atoms with Crippen molar-refractivity contribution in [2.75, 3.05) is 7.11 Å². The SMILES string of the molecule is COc1cc(C#N)ccc1Oc1cccc(F)c1C(=O)O. The third-order valence-corrected chi connectivity index (χ3v) is 2.70. The summed E-state index contributed by atoms with van der Waals surface area (Å²) in [5.74, 6) is -2.05. The van der Waals surface area contributed by atoms with Crippen LogP contribution in [0.1, 0.15) is 15.9 Å². The quantitative estimate of drug-likeness (QED) is 0.934. The molecule has 2 aromatic carbocycles. The number of methoxy groups -OCH3 is 1. The Bertz CT molecular complexity index is 737. The maximum atomic E-state index is 13.6. The minimum atomic E-state index is -1.43. The van der Waals surface area contributed by atoms with Crippen LogP contribution in [0.15, 0.2) is 36.4 Å². The molecule has 0 aliphatic rings. The van der Waals surface area contributed by atoms with Gasteiger partial charge < -0.3 is 14.6 Å². The number of carbonyl (C=O) groups is 1. The molecule has 0 radical (unpaired) electrons. The predicted octanol–water partition coefficient (Wildman–Crippen LogP) is 3.20. The lowest BCUT2D eigenvalue weighted by Crippen LogP contribution is -2.04. The molecule has 0 heterocycles. The van der Waals surface area contributed by atoms with Crippen molar-refractivity contribution < 1.29 is 23.8 Å². The fraction of sp³-hybridized carbons (Fsp3) is 0.0667. The Labute approximate surface area is 119 Å². The summed E-state index contributed by atoms with van der Waals surface area (Å²) in [5, 5.41) is 17.9. The molecule has 6 heteroatoms. The fourth-order valence-electron chi connectivity index (χ4n) is 1.74. The van der Waals surface area contributed by atoms with E-state index < -0.39 is 17.3 Å². The molecule has 0 aliphatic heterocycles. The monoisotopic (exact) mass is 287 g/mol. The van der Waals surface area contributed by atoms with Gasteiger partial charge in [0.15, 0.2) is 11.5 Å². The number of halogens is 1. The number of benzene rings is 2. The molecule has 0 atom stereocenters. The van der Waals surface area contributed by atoms with Crippen LogP contribution in [-0.2, 0) is 0 Å². The van der Waals surface area contributed by atoms with E-state index in [1.807, 2.05) is 6.07 Å². The fourth-order valence-corrected chi connectivity index (χ4v) is 1.74. The Hall–Kier alpha value is -3.07. The summed E-state index contributed by atoms with van der Waals surface area (Å²) in [6.07, 6.45) is 0. The van der Waals surface area contributed by atoms with Crippen molar-refractivity contribution in [1.82, 2.24) is 0 Å². The van der Waals surface area contributed by atoms with Gasteiger partial charge in [0, 0.05) is 6.07 Å². The van der Waals surface area contributed by atoms with Crippen LogP contribution < -0.4 is 9.47 Å². The van der Waals surface area contributed by atoms with E-state index in [4.69, 9.17) is 19.8 Å². The number of carboxylic acid groups (broad SMARTS) is 1. The van der Waals surface area contributed by atoms with Crippen LogP contribution >= 0.6 is 0 Å². The molecule has 0 saturated heterocycles. The second kappa shape index (κ2) is 5.92. The summed E-state index contributed by atoms with van der Waals surface area (Å²) in [6.45, 7) is 0. The molecule has 5 nitrogen and oxygen atoms in total. The van der Waals surface area contributed by atoms with Gasteiger partial charge in [0.2, 0.25) is 0 Å². The van der Waals surface area contributed by atoms with Crippen molar-refractivity contribution in [2.24, 2.45) is 0 Å².